The Morgan fingerprint density at radius 2 is 0.507 bits per heavy atom. The van der Waals surface area contributed by atoms with Crippen LogP contribution in [0.15, 0.2) is 280 Å². The molecule has 0 fully saturated rings. The normalized spacial score (nSPS) is 11.3. The van der Waals surface area contributed by atoms with Crippen LogP contribution in [0.25, 0.3) is 90.1 Å². The van der Waals surface area contributed by atoms with Crippen molar-refractivity contribution in [1.82, 2.24) is 29.9 Å². The number of benzene rings is 8. The second-order valence-corrected chi connectivity index (χ2v) is 25.9. The second-order valence-electron chi connectivity index (χ2n) is 17.9. The molecule has 0 aliphatic rings. The van der Waals surface area contributed by atoms with Gasteiger partial charge in [-0.2, -0.15) is 0 Å². The van der Waals surface area contributed by atoms with Gasteiger partial charge in [0, 0.05) is 0 Å². The summed E-state index contributed by atoms with van der Waals surface area (Å²) in [5.74, 6) is 1.34. The van der Waals surface area contributed by atoms with Crippen molar-refractivity contribution in [3.63, 3.8) is 0 Å². The number of rotatable bonds is 12. The molecule has 0 bridgehead atoms. The fourth-order valence-corrected chi connectivity index (χ4v) is 20.1. The van der Waals surface area contributed by atoms with E-state index in [1.54, 1.807) is 0 Å². The topological polar surface area (TPSA) is 77.3 Å². The van der Waals surface area contributed by atoms with E-state index >= 15 is 0 Å². The molecule has 0 amide bonds. The van der Waals surface area contributed by atoms with Crippen molar-refractivity contribution in [2.24, 2.45) is 0 Å². The van der Waals surface area contributed by atoms with Gasteiger partial charge in [0.25, 0.3) is 0 Å². The Morgan fingerprint density at radius 3 is 0.849 bits per heavy atom. The Bertz CT molecular complexity index is 3470. The number of hydrogen-bond acceptors (Lipinski definition) is 6. The molecule has 344 valence electrons. The fraction of sp³-hybridized carbons (Fsp3) is 0. The van der Waals surface area contributed by atoms with Crippen molar-refractivity contribution in [2.45, 2.75) is 0 Å². The van der Waals surface area contributed by atoms with Gasteiger partial charge in [0.1, 0.15) is 0 Å². The van der Waals surface area contributed by atoms with Gasteiger partial charge >= 0.3 is 430 Å². The maximum atomic E-state index is 5.35. The zero-order valence-electron chi connectivity index (χ0n) is 39.7. The first kappa shape index (κ1) is 44.9. The van der Waals surface area contributed by atoms with Crippen LogP contribution in [0.4, 0.5) is 0 Å². The van der Waals surface area contributed by atoms with E-state index in [1.165, 1.54) is 17.6 Å². The number of nitrogens with zero attached hydrogens (tertiary/aromatic N) is 6. The van der Waals surface area contributed by atoms with E-state index in [9.17, 15) is 0 Å². The molecule has 0 N–H and O–H groups in total. The molecule has 8 aromatic carbocycles. The molecule has 0 aliphatic carbocycles. The molecule has 0 saturated carbocycles. The standard InChI is InChI=1S/C66H46GeN6/c1-5-19-47(20-6-1)61-43-63(72-65(70-61)49-23-9-3-10-24-49)53-29-15-35-59(41-53)67(57-33-13-27-51(39-57)55-31-17-37-68-45-55,58-34-14-28-52(40-58)56-32-18-38-69-46-56)60-36-16-30-54(42-60)64-44-62(48-21-7-2-8-22-48)71-66(73-64)50-25-11-4-12-26-50/h1-46H. The number of hydrogen-bond donors (Lipinski definition) is 0. The predicted octanol–water partition coefficient (Wildman–Crippen LogP) is 12.8. The fourth-order valence-electron chi connectivity index (χ4n) is 9.89. The van der Waals surface area contributed by atoms with Crippen LogP contribution in [0.5, 0.6) is 0 Å². The van der Waals surface area contributed by atoms with Gasteiger partial charge in [-0.1, -0.05) is 0 Å². The third kappa shape index (κ3) is 9.19. The molecular weight excluding hydrogens is 949 g/mol. The molecule has 0 saturated heterocycles. The SMILES string of the molecule is c1ccc(-c2cc(-c3ccc[c]([Ge]([c]4cccc(-c5cccnc5)c4)([c]4cccc(-c5cccnc5)c4)[c]4cccc(-c5cc(-c6ccccc6)nc(-c6ccccc6)n5)c4)c3)nc(-c3ccccc3)n2)cc1. The molecule has 12 aromatic rings. The first-order chi connectivity index (χ1) is 36.2. The summed E-state index contributed by atoms with van der Waals surface area (Å²) < 4.78 is 4.99. The number of pyridine rings is 2. The van der Waals surface area contributed by atoms with Gasteiger partial charge in [0.05, 0.1) is 0 Å². The minimum absolute atomic E-state index is 0.672. The molecule has 0 atom stereocenters. The Hall–Kier alpha value is -9.24. The van der Waals surface area contributed by atoms with Crippen molar-refractivity contribution in [3.8, 4) is 90.1 Å². The Labute approximate surface area is 427 Å². The van der Waals surface area contributed by atoms with Gasteiger partial charge in [-0.25, -0.2) is 0 Å². The minimum atomic E-state index is -4.26. The van der Waals surface area contributed by atoms with Crippen LogP contribution in [0.2, 0.25) is 0 Å². The Morgan fingerprint density at radius 1 is 0.219 bits per heavy atom. The van der Waals surface area contributed by atoms with Crippen molar-refractivity contribution in [1.29, 1.82) is 0 Å². The molecule has 7 heteroatoms. The van der Waals surface area contributed by atoms with Crippen LogP contribution < -0.4 is 17.6 Å². The van der Waals surface area contributed by atoms with Gasteiger partial charge in [0.2, 0.25) is 0 Å². The molecule has 0 aliphatic heterocycles. The summed E-state index contributed by atoms with van der Waals surface area (Å²) in [6.45, 7) is 0. The van der Waals surface area contributed by atoms with Crippen molar-refractivity contribution >= 4 is 30.8 Å². The first-order valence-electron chi connectivity index (χ1n) is 24.4. The van der Waals surface area contributed by atoms with Gasteiger partial charge < -0.3 is 0 Å². The van der Waals surface area contributed by atoms with E-state index in [1.807, 2.05) is 85.5 Å². The summed E-state index contributed by atoms with van der Waals surface area (Å²) in [5.41, 5.74) is 13.7. The van der Waals surface area contributed by atoms with Crippen LogP contribution >= 0.6 is 0 Å². The quantitative estimate of drug-likeness (QED) is 0.114. The van der Waals surface area contributed by atoms with E-state index in [0.29, 0.717) is 11.6 Å². The van der Waals surface area contributed by atoms with Crippen LogP contribution in [-0.4, -0.2) is 43.2 Å². The maximum absolute atomic E-state index is 5.35. The average molecular weight is 996 g/mol. The van der Waals surface area contributed by atoms with Gasteiger partial charge in [0.15, 0.2) is 0 Å². The van der Waals surface area contributed by atoms with Gasteiger partial charge in [-0.15, -0.1) is 0 Å². The molecule has 6 nitrogen and oxygen atoms in total. The summed E-state index contributed by atoms with van der Waals surface area (Å²) in [4.78, 5) is 30.1. The van der Waals surface area contributed by atoms with E-state index in [0.717, 1.165) is 78.4 Å². The van der Waals surface area contributed by atoms with E-state index in [-0.39, 0.29) is 0 Å². The first-order valence-corrected chi connectivity index (χ1v) is 28.6. The van der Waals surface area contributed by atoms with Gasteiger partial charge in [-0.05, 0) is 0 Å². The third-order valence-corrected chi connectivity index (χ3v) is 23.3. The molecule has 12 rings (SSSR count). The summed E-state index contributed by atoms with van der Waals surface area (Å²) in [7, 11) is 0. The molecule has 0 unspecified atom stereocenters. The zero-order valence-corrected chi connectivity index (χ0v) is 41.8. The van der Waals surface area contributed by atoms with E-state index in [4.69, 9.17) is 19.9 Å². The molecule has 0 radical (unpaired) electrons. The summed E-state index contributed by atoms with van der Waals surface area (Å²) >= 11 is -4.26. The van der Waals surface area contributed by atoms with E-state index in [2.05, 4.69) is 204 Å². The van der Waals surface area contributed by atoms with Crippen molar-refractivity contribution < 1.29 is 0 Å². The van der Waals surface area contributed by atoms with Gasteiger partial charge in [-0.3, -0.25) is 0 Å². The number of aromatic nitrogens is 6. The summed E-state index contributed by atoms with van der Waals surface area (Å²) in [5, 5.41) is 0. The summed E-state index contributed by atoms with van der Waals surface area (Å²) in [6, 6.07) is 90.4. The molecule has 4 aromatic heterocycles. The van der Waals surface area contributed by atoms with Crippen molar-refractivity contribution in [2.75, 3.05) is 0 Å². The van der Waals surface area contributed by atoms with Crippen LogP contribution in [0, 0.1) is 0 Å². The van der Waals surface area contributed by atoms with E-state index < -0.39 is 13.3 Å². The predicted molar refractivity (Wildman–Crippen MR) is 300 cm³/mol. The summed E-state index contributed by atoms with van der Waals surface area (Å²) in [6.07, 6.45) is 7.56. The third-order valence-electron chi connectivity index (χ3n) is 13.4. The van der Waals surface area contributed by atoms with Crippen LogP contribution in [-0.2, 0) is 0 Å². The van der Waals surface area contributed by atoms with Crippen molar-refractivity contribution in [3.05, 3.63) is 280 Å². The Balaban J connectivity index is 1.14. The monoisotopic (exact) mass is 996 g/mol. The molecule has 73 heavy (non-hydrogen) atoms. The zero-order chi connectivity index (χ0) is 48.8. The Kier molecular flexibility index (Phi) is 12.5. The average Bonchev–Trinajstić information content (AvgIpc) is 3.49. The molecule has 0 spiro atoms. The molecule has 4 heterocycles. The van der Waals surface area contributed by atoms with Crippen LogP contribution in [0.3, 0.4) is 0 Å². The van der Waals surface area contributed by atoms with Crippen LogP contribution in [0.1, 0.15) is 0 Å². The second kappa shape index (κ2) is 20.2. The molecular formula is C66H46GeN6.